The molecule has 24 heavy (non-hydrogen) atoms. The van der Waals surface area contributed by atoms with E-state index < -0.39 is 0 Å². The van der Waals surface area contributed by atoms with Gasteiger partial charge in [0.15, 0.2) is 11.3 Å². The van der Waals surface area contributed by atoms with Crippen molar-refractivity contribution in [1.29, 1.82) is 0 Å². The first-order valence-electron chi connectivity index (χ1n) is 8.55. The van der Waals surface area contributed by atoms with Crippen molar-refractivity contribution in [1.82, 2.24) is 29.6 Å². The summed E-state index contributed by atoms with van der Waals surface area (Å²) in [5.74, 6) is 0.725. The third-order valence-electron chi connectivity index (χ3n) is 5.03. The highest BCUT2D eigenvalue weighted by Crippen LogP contribution is 2.35. The second-order valence-corrected chi connectivity index (χ2v) is 6.36. The third kappa shape index (κ3) is 2.23. The molecule has 0 bridgehead atoms. The number of urea groups is 1. The predicted octanol–water partition coefficient (Wildman–Crippen LogP) is 2.37. The van der Waals surface area contributed by atoms with Gasteiger partial charge in [-0.25, -0.2) is 14.8 Å². The largest absolute Gasteiger partial charge is 0.345 e. The predicted molar refractivity (Wildman–Crippen MR) is 92.0 cm³/mol. The van der Waals surface area contributed by atoms with Crippen LogP contribution < -0.4 is 5.32 Å². The van der Waals surface area contributed by atoms with Crippen LogP contribution in [0.2, 0.25) is 0 Å². The number of aromatic amines is 1. The van der Waals surface area contributed by atoms with Crippen LogP contribution in [0.3, 0.4) is 0 Å². The maximum absolute atomic E-state index is 12.2. The minimum absolute atomic E-state index is 0.0285. The van der Waals surface area contributed by atoms with Crippen LogP contribution in [-0.4, -0.2) is 49.9 Å². The highest BCUT2D eigenvalue weighted by atomic mass is 16.2. The summed E-state index contributed by atoms with van der Waals surface area (Å²) >= 11 is 0. The van der Waals surface area contributed by atoms with E-state index in [0.29, 0.717) is 12.5 Å². The van der Waals surface area contributed by atoms with Crippen LogP contribution in [0.4, 0.5) is 4.79 Å². The Morgan fingerprint density at radius 1 is 1.33 bits per heavy atom. The zero-order chi connectivity index (χ0) is 16.7. The number of hydrogen-bond acceptors (Lipinski definition) is 3. The van der Waals surface area contributed by atoms with Gasteiger partial charge in [-0.15, -0.1) is 0 Å². The zero-order valence-corrected chi connectivity index (χ0v) is 14.0. The van der Waals surface area contributed by atoms with Crippen LogP contribution in [0.15, 0.2) is 24.7 Å². The molecule has 1 aliphatic rings. The highest BCUT2D eigenvalue weighted by Gasteiger charge is 2.36. The fourth-order valence-electron chi connectivity index (χ4n) is 3.80. The summed E-state index contributed by atoms with van der Waals surface area (Å²) in [6, 6.07) is 2.05. The molecule has 2 amide bonds. The van der Waals surface area contributed by atoms with Crippen LogP contribution in [0.5, 0.6) is 0 Å². The van der Waals surface area contributed by atoms with Gasteiger partial charge in [-0.3, -0.25) is 4.40 Å². The average molecular weight is 326 g/mol. The molecular formula is C17H22N6O. The van der Waals surface area contributed by atoms with E-state index in [4.69, 9.17) is 0 Å². The molecule has 1 fully saturated rings. The van der Waals surface area contributed by atoms with E-state index in [2.05, 4.69) is 31.6 Å². The molecular weight excluding hydrogens is 304 g/mol. The lowest BCUT2D eigenvalue weighted by Gasteiger charge is -2.17. The molecule has 4 heterocycles. The maximum Gasteiger partial charge on any atom is 0.317 e. The fraction of sp³-hybridized carbons (Fsp3) is 0.471. The second-order valence-electron chi connectivity index (χ2n) is 6.36. The molecule has 2 atom stereocenters. The Bertz CT molecular complexity index is 882. The molecule has 3 aromatic rings. The lowest BCUT2D eigenvalue weighted by atomic mass is 9.91. The van der Waals surface area contributed by atoms with Crippen LogP contribution in [0.25, 0.3) is 16.8 Å². The van der Waals surface area contributed by atoms with Gasteiger partial charge in [-0.1, -0.05) is 13.3 Å². The van der Waals surface area contributed by atoms with Crippen molar-refractivity contribution < 1.29 is 4.79 Å². The topological polar surface area (TPSA) is 78.3 Å². The first kappa shape index (κ1) is 15.0. The number of carbonyl (C=O) groups is 1. The van der Waals surface area contributed by atoms with E-state index in [9.17, 15) is 4.79 Å². The van der Waals surface area contributed by atoms with E-state index in [1.807, 2.05) is 30.3 Å². The number of likely N-dealkylation sites (tertiary alicyclic amines) is 1. The number of aromatic nitrogens is 4. The quantitative estimate of drug-likeness (QED) is 0.775. The lowest BCUT2D eigenvalue weighted by Crippen LogP contribution is -2.38. The molecule has 3 aromatic heterocycles. The smallest absolute Gasteiger partial charge is 0.317 e. The van der Waals surface area contributed by atoms with Crippen LogP contribution in [0.1, 0.15) is 31.9 Å². The minimum atomic E-state index is 0.0285. The molecule has 0 saturated carbocycles. The van der Waals surface area contributed by atoms with Crippen molar-refractivity contribution in [2.24, 2.45) is 5.92 Å². The molecule has 4 rings (SSSR count). The van der Waals surface area contributed by atoms with Gasteiger partial charge in [0.1, 0.15) is 0 Å². The summed E-state index contributed by atoms with van der Waals surface area (Å²) in [4.78, 5) is 26.3. The molecule has 0 spiro atoms. The molecule has 1 saturated heterocycles. The summed E-state index contributed by atoms with van der Waals surface area (Å²) in [7, 11) is 0. The van der Waals surface area contributed by atoms with E-state index in [0.717, 1.165) is 42.0 Å². The maximum atomic E-state index is 12.2. The number of fused-ring (bicyclic) bond motifs is 3. The molecule has 0 aromatic carbocycles. The van der Waals surface area contributed by atoms with Gasteiger partial charge >= 0.3 is 6.03 Å². The van der Waals surface area contributed by atoms with E-state index in [1.54, 1.807) is 6.20 Å². The lowest BCUT2D eigenvalue weighted by molar-refractivity contribution is 0.207. The molecule has 7 nitrogen and oxygen atoms in total. The van der Waals surface area contributed by atoms with Crippen molar-refractivity contribution in [3.63, 3.8) is 0 Å². The van der Waals surface area contributed by atoms with Crippen molar-refractivity contribution in [3.8, 4) is 0 Å². The number of H-pyrrole nitrogens is 1. The van der Waals surface area contributed by atoms with Gasteiger partial charge in [-0.05, 0) is 18.9 Å². The number of nitrogens with one attached hydrogen (secondary N) is 2. The number of nitrogens with zero attached hydrogens (tertiary/aromatic N) is 4. The fourth-order valence-corrected chi connectivity index (χ4v) is 3.80. The molecule has 0 radical (unpaired) electrons. The number of carbonyl (C=O) groups excluding carboxylic acids is 1. The van der Waals surface area contributed by atoms with Crippen molar-refractivity contribution in [3.05, 3.63) is 30.4 Å². The standard InChI is InChI=1S/C17H22N6O/c1-3-11-9-22(17(24)18-4-2)10-12(11)14-7-20-15-8-21-16-13(23(14)15)5-6-19-16/h5-8,11-12,19H,3-4,9-10H2,1-2H3,(H,18,24)/t11-,12?/m1/s1. The second kappa shape index (κ2) is 5.81. The Kier molecular flexibility index (Phi) is 3.63. The van der Waals surface area contributed by atoms with Gasteiger partial charge in [0.05, 0.1) is 11.7 Å². The summed E-state index contributed by atoms with van der Waals surface area (Å²) < 4.78 is 2.17. The number of amides is 2. The number of rotatable bonds is 3. The zero-order valence-electron chi connectivity index (χ0n) is 14.0. The van der Waals surface area contributed by atoms with E-state index >= 15 is 0 Å². The molecule has 2 N–H and O–H groups in total. The molecule has 0 aliphatic carbocycles. The van der Waals surface area contributed by atoms with E-state index in [-0.39, 0.29) is 11.9 Å². The Hall–Kier alpha value is -2.57. The van der Waals surface area contributed by atoms with Crippen LogP contribution in [-0.2, 0) is 0 Å². The van der Waals surface area contributed by atoms with Crippen LogP contribution in [0, 0.1) is 5.92 Å². The summed E-state index contributed by atoms with van der Waals surface area (Å²) in [6.45, 7) is 6.31. The van der Waals surface area contributed by atoms with Gasteiger partial charge in [0.2, 0.25) is 0 Å². The SMILES string of the molecule is CCNC(=O)N1CC(c2cnc3cnc4[nH]ccc4n23)[C@H](CC)C1. The first-order valence-corrected chi connectivity index (χ1v) is 8.55. The Labute approximate surface area is 140 Å². The number of imidazole rings is 1. The van der Waals surface area contributed by atoms with E-state index in [1.165, 1.54) is 0 Å². The molecule has 1 aliphatic heterocycles. The number of hydrogen-bond donors (Lipinski definition) is 2. The monoisotopic (exact) mass is 326 g/mol. The normalized spacial score (nSPS) is 21.0. The van der Waals surface area contributed by atoms with Gasteiger partial charge in [0, 0.05) is 43.6 Å². The van der Waals surface area contributed by atoms with Gasteiger partial charge in [0.25, 0.3) is 0 Å². The van der Waals surface area contributed by atoms with Gasteiger partial charge < -0.3 is 15.2 Å². The van der Waals surface area contributed by atoms with Gasteiger partial charge in [-0.2, -0.15) is 0 Å². The van der Waals surface area contributed by atoms with Crippen molar-refractivity contribution in [2.45, 2.75) is 26.2 Å². The molecule has 1 unspecified atom stereocenters. The summed E-state index contributed by atoms with van der Waals surface area (Å²) in [6.07, 6.45) is 6.67. The highest BCUT2D eigenvalue weighted by molar-refractivity contribution is 5.76. The van der Waals surface area contributed by atoms with Crippen LogP contribution >= 0.6 is 0 Å². The summed E-state index contributed by atoms with van der Waals surface area (Å²) in [5.41, 5.74) is 3.90. The average Bonchev–Trinajstić information content (AvgIpc) is 3.30. The molecule has 126 valence electrons. The Balaban J connectivity index is 1.76. The first-order chi connectivity index (χ1) is 11.7. The summed E-state index contributed by atoms with van der Waals surface area (Å²) in [5, 5.41) is 2.91. The molecule has 7 heteroatoms. The Morgan fingerprint density at radius 3 is 3.00 bits per heavy atom. The van der Waals surface area contributed by atoms with Crippen molar-refractivity contribution >= 4 is 22.8 Å². The van der Waals surface area contributed by atoms with Crippen molar-refractivity contribution in [2.75, 3.05) is 19.6 Å². The minimum Gasteiger partial charge on any atom is -0.345 e. The Morgan fingerprint density at radius 2 is 2.21 bits per heavy atom. The third-order valence-corrected chi connectivity index (χ3v) is 5.03.